The van der Waals surface area contributed by atoms with Gasteiger partial charge in [0.15, 0.2) is 0 Å². The lowest BCUT2D eigenvalue weighted by Crippen LogP contribution is -2.48. The Labute approximate surface area is 115 Å². The van der Waals surface area contributed by atoms with Crippen molar-refractivity contribution in [1.29, 1.82) is 0 Å². The Morgan fingerprint density at radius 1 is 1.32 bits per heavy atom. The lowest BCUT2D eigenvalue weighted by Gasteiger charge is -2.39. The Kier molecular flexibility index (Phi) is 3.64. The first kappa shape index (κ1) is 14.7. The number of hydrogen-bond acceptors (Lipinski definition) is 4. The molecule has 4 atom stereocenters. The Bertz CT molecular complexity index is 390. The molecule has 0 bridgehead atoms. The minimum atomic E-state index is -1.44. The van der Waals surface area contributed by atoms with Crippen molar-refractivity contribution in [1.82, 2.24) is 0 Å². The molecule has 1 N–H and O–H groups in total. The first-order chi connectivity index (χ1) is 8.70. The molecule has 2 heterocycles. The van der Waals surface area contributed by atoms with Crippen molar-refractivity contribution in [2.75, 3.05) is 0 Å². The predicted octanol–water partition coefficient (Wildman–Crippen LogP) is 2.73. The fourth-order valence-corrected chi connectivity index (χ4v) is 2.44. The molecular weight excluding hydrogens is 244 g/mol. The van der Waals surface area contributed by atoms with Gasteiger partial charge < -0.3 is 9.84 Å². The van der Waals surface area contributed by atoms with Crippen LogP contribution in [-0.4, -0.2) is 28.2 Å². The van der Waals surface area contributed by atoms with Gasteiger partial charge in [-0.3, -0.25) is 0 Å². The van der Waals surface area contributed by atoms with Crippen LogP contribution < -0.4 is 0 Å². The van der Waals surface area contributed by atoms with E-state index in [1.54, 1.807) is 6.08 Å². The summed E-state index contributed by atoms with van der Waals surface area (Å²) in [5.41, 5.74) is -0.827. The van der Waals surface area contributed by atoms with Gasteiger partial charge in [0, 0.05) is 5.92 Å². The van der Waals surface area contributed by atoms with Crippen molar-refractivity contribution < 1.29 is 19.6 Å². The van der Waals surface area contributed by atoms with Crippen molar-refractivity contribution in [2.45, 2.75) is 63.6 Å². The number of ether oxygens (including phenoxy) is 1. The molecule has 0 aromatic heterocycles. The van der Waals surface area contributed by atoms with Gasteiger partial charge in [-0.05, 0) is 45.8 Å². The highest BCUT2D eigenvalue weighted by atomic mass is 17.2. The first-order valence-corrected chi connectivity index (χ1v) is 6.81. The molecule has 4 heteroatoms. The van der Waals surface area contributed by atoms with Gasteiger partial charge in [-0.2, -0.15) is 4.89 Å². The Morgan fingerprint density at radius 2 is 2.00 bits per heavy atom. The highest BCUT2D eigenvalue weighted by molar-refractivity contribution is 5.09. The van der Waals surface area contributed by atoms with Crippen LogP contribution in [0.15, 0.2) is 24.8 Å². The minimum Gasteiger partial charge on any atom is -0.367 e. The average Bonchev–Trinajstić information content (AvgIpc) is 2.76. The summed E-state index contributed by atoms with van der Waals surface area (Å²) in [7, 11) is 0. The lowest BCUT2D eigenvalue weighted by atomic mass is 9.90. The molecule has 0 aromatic carbocycles. The molecule has 2 aliphatic rings. The van der Waals surface area contributed by atoms with Crippen LogP contribution in [0.25, 0.3) is 0 Å². The highest BCUT2D eigenvalue weighted by Gasteiger charge is 2.47. The van der Waals surface area contributed by atoms with Gasteiger partial charge in [-0.25, -0.2) is 4.89 Å². The molecule has 0 saturated carbocycles. The topological polar surface area (TPSA) is 47.9 Å². The zero-order chi connectivity index (χ0) is 14.3. The SMILES string of the molecule is C=C[C@@]1(C)CC[C@@H]([C@H](C)[C@@]2(O)C=CC(C)(C)OO2)O1. The average molecular weight is 268 g/mol. The number of rotatable bonds is 3. The maximum absolute atomic E-state index is 10.5. The van der Waals surface area contributed by atoms with Gasteiger partial charge in [0.2, 0.25) is 5.79 Å². The van der Waals surface area contributed by atoms with E-state index in [1.807, 2.05) is 39.8 Å². The molecule has 0 unspecified atom stereocenters. The van der Waals surface area contributed by atoms with Crippen molar-refractivity contribution in [2.24, 2.45) is 5.92 Å². The van der Waals surface area contributed by atoms with Crippen LogP contribution in [0.4, 0.5) is 0 Å². The standard InChI is InChI=1S/C15H24O4/c1-6-14(5)8-7-12(17-14)11(2)15(16)10-9-13(3,4)18-19-15/h6,9-12,16H,1,7-8H2,2-5H3/t11-,12-,14-,15+/m0/s1. The largest absolute Gasteiger partial charge is 0.367 e. The second-order valence-corrected chi connectivity index (χ2v) is 6.36. The van der Waals surface area contributed by atoms with Crippen LogP contribution in [0.2, 0.25) is 0 Å². The molecule has 1 fully saturated rings. The van der Waals surface area contributed by atoms with Crippen molar-refractivity contribution in [3.8, 4) is 0 Å². The number of aliphatic hydroxyl groups is 1. The molecule has 0 spiro atoms. The van der Waals surface area contributed by atoms with E-state index in [1.165, 1.54) is 0 Å². The van der Waals surface area contributed by atoms with Gasteiger partial charge in [0.1, 0.15) is 5.60 Å². The highest BCUT2D eigenvalue weighted by Crippen LogP contribution is 2.40. The van der Waals surface area contributed by atoms with Crippen LogP contribution in [0.5, 0.6) is 0 Å². The molecule has 2 aliphatic heterocycles. The minimum absolute atomic E-state index is 0.0811. The molecule has 0 aromatic rings. The Hall–Kier alpha value is -0.680. The van der Waals surface area contributed by atoms with E-state index in [-0.39, 0.29) is 17.6 Å². The second-order valence-electron chi connectivity index (χ2n) is 6.36. The maximum atomic E-state index is 10.5. The molecule has 2 rings (SSSR count). The van der Waals surface area contributed by atoms with E-state index >= 15 is 0 Å². The molecule has 19 heavy (non-hydrogen) atoms. The van der Waals surface area contributed by atoms with Crippen molar-refractivity contribution in [3.05, 3.63) is 24.8 Å². The lowest BCUT2D eigenvalue weighted by molar-refractivity contribution is -0.454. The third kappa shape index (κ3) is 2.92. The fraction of sp³-hybridized carbons (Fsp3) is 0.733. The van der Waals surface area contributed by atoms with E-state index in [2.05, 4.69) is 6.58 Å². The van der Waals surface area contributed by atoms with Crippen molar-refractivity contribution in [3.63, 3.8) is 0 Å². The number of hydrogen-bond donors (Lipinski definition) is 1. The van der Waals surface area contributed by atoms with Crippen LogP contribution >= 0.6 is 0 Å². The third-order valence-electron chi connectivity index (χ3n) is 4.10. The Balaban J connectivity index is 2.09. The molecular formula is C15H24O4. The quantitative estimate of drug-likeness (QED) is 0.631. The van der Waals surface area contributed by atoms with Gasteiger partial charge in [-0.1, -0.05) is 13.0 Å². The monoisotopic (exact) mass is 268 g/mol. The normalized spacial score (nSPS) is 43.1. The maximum Gasteiger partial charge on any atom is 0.223 e. The second kappa shape index (κ2) is 4.70. The van der Waals surface area contributed by atoms with E-state index in [0.29, 0.717) is 0 Å². The summed E-state index contributed by atoms with van der Waals surface area (Å²) in [6.07, 6.45) is 6.98. The van der Waals surface area contributed by atoms with Gasteiger partial charge in [-0.15, -0.1) is 6.58 Å². The first-order valence-electron chi connectivity index (χ1n) is 6.81. The summed E-state index contributed by atoms with van der Waals surface area (Å²) in [4.78, 5) is 10.4. The van der Waals surface area contributed by atoms with Crippen LogP contribution in [0, 0.1) is 5.92 Å². The summed E-state index contributed by atoms with van der Waals surface area (Å²) < 4.78 is 5.98. The molecule has 0 amide bonds. The molecule has 0 aliphatic carbocycles. The Morgan fingerprint density at radius 3 is 2.47 bits per heavy atom. The summed E-state index contributed by atoms with van der Waals surface area (Å²) in [5.74, 6) is -1.66. The van der Waals surface area contributed by atoms with Crippen LogP contribution in [0.3, 0.4) is 0 Å². The molecule has 108 valence electrons. The summed E-state index contributed by atoms with van der Waals surface area (Å²) >= 11 is 0. The summed E-state index contributed by atoms with van der Waals surface area (Å²) in [6.45, 7) is 11.5. The van der Waals surface area contributed by atoms with E-state index in [4.69, 9.17) is 14.5 Å². The molecule has 0 radical (unpaired) electrons. The fourth-order valence-electron chi connectivity index (χ4n) is 2.44. The zero-order valence-electron chi connectivity index (χ0n) is 12.2. The molecule has 4 nitrogen and oxygen atoms in total. The smallest absolute Gasteiger partial charge is 0.223 e. The van der Waals surface area contributed by atoms with Gasteiger partial charge >= 0.3 is 0 Å². The van der Waals surface area contributed by atoms with E-state index in [0.717, 1.165) is 12.8 Å². The van der Waals surface area contributed by atoms with Crippen molar-refractivity contribution >= 4 is 0 Å². The summed E-state index contributed by atoms with van der Waals surface area (Å²) in [5, 5.41) is 10.5. The third-order valence-corrected chi connectivity index (χ3v) is 4.10. The van der Waals surface area contributed by atoms with Gasteiger partial charge in [0.05, 0.1) is 11.7 Å². The van der Waals surface area contributed by atoms with Crippen LogP contribution in [-0.2, 0) is 14.5 Å². The van der Waals surface area contributed by atoms with E-state index < -0.39 is 11.4 Å². The zero-order valence-corrected chi connectivity index (χ0v) is 12.2. The van der Waals surface area contributed by atoms with Gasteiger partial charge in [0.25, 0.3) is 0 Å². The van der Waals surface area contributed by atoms with Crippen LogP contribution in [0.1, 0.15) is 40.5 Å². The predicted molar refractivity (Wildman–Crippen MR) is 72.2 cm³/mol. The molecule has 1 saturated heterocycles. The van der Waals surface area contributed by atoms with E-state index in [9.17, 15) is 5.11 Å². The summed E-state index contributed by atoms with van der Waals surface area (Å²) in [6, 6.07) is 0.